The van der Waals surface area contributed by atoms with E-state index in [2.05, 4.69) is 29.1 Å². The van der Waals surface area contributed by atoms with Crippen molar-refractivity contribution in [2.75, 3.05) is 12.9 Å². The zero-order valence-electron chi connectivity index (χ0n) is 20.4. The second-order valence-electron chi connectivity index (χ2n) is 9.57. The van der Waals surface area contributed by atoms with Crippen molar-refractivity contribution in [3.8, 4) is 17.6 Å². The molecule has 0 spiro atoms. The van der Waals surface area contributed by atoms with Gasteiger partial charge in [-0.1, -0.05) is 25.7 Å². The van der Waals surface area contributed by atoms with E-state index in [0.717, 1.165) is 35.1 Å². The van der Waals surface area contributed by atoms with Crippen LogP contribution >= 0.6 is 11.8 Å². The minimum atomic E-state index is -1.48. The molecule has 0 radical (unpaired) electrons. The number of nitrogens with two attached hydrogens (primary N) is 1. The van der Waals surface area contributed by atoms with Crippen molar-refractivity contribution in [3.63, 3.8) is 0 Å². The van der Waals surface area contributed by atoms with Gasteiger partial charge in [0.25, 0.3) is 11.8 Å². The number of aromatic nitrogens is 1. The second kappa shape index (κ2) is 10.9. The first-order chi connectivity index (χ1) is 16.8. The maximum atomic E-state index is 14.2. The molecule has 3 atom stereocenters. The maximum Gasteiger partial charge on any atom is 0.255 e. The molecule has 2 aromatic rings. The average Bonchev–Trinajstić information content (AvgIpc) is 3.13. The third kappa shape index (κ3) is 5.40. The molecule has 3 N–H and O–H groups in total. The number of thioether (sulfide) groups is 1. The predicted octanol–water partition coefficient (Wildman–Crippen LogP) is 4.47. The van der Waals surface area contributed by atoms with Crippen molar-refractivity contribution in [1.82, 2.24) is 10.3 Å². The van der Waals surface area contributed by atoms with Crippen molar-refractivity contribution in [3.05, 3.63) is 29.5 Å². The van der Waals surface area contributed by atoms with Gasteiger partial charge in [0.1, 0.15) is 10.8 Å². The molecule has 186 valence electrons. The largest absolute Gasteiger partial charge is 0.496 e. The van der Waals surface area contributed by atoms with Crippen molar-refractivity contribution in [1.29, 1.82) is 0 Å². The van der Waals surface area contributed by atoms with Crippen LogP contribution in [0, 0.1) is 29.6 Å². The van der Waals surface area contributed by atoms with Crippen LogP contribution in [0.5, 0.6) is 5.75 Å². The van der Waals surface area contributed by atoms with E-state index < -0.39 is 18.0 Å². The van der Waals surface area contributed by atoms with E-state index in [1.807, 2.05) is 6.92 Å². The fraction of sp³-hybridized carbons (Fsp3) is 0.519. The molecule has 2 heterocycles. The Morgan fingerprint density at radius 1 is 1.29 bits per heavy atom. The number of alkyl halides is 1. The first-order valence-electron chi connectivity index (χ1n) is 12.2. The number of rotatable bonds is 6. The lowest BCUT2D eigenvalue weighted by Crippen LogP contribution is -2.31. The monoisotopic (exact) mass is 497 g/mol. The van der Waals surface area contributed by atoms with Gasteiger partial charge < -0.3 is 15.8 Å². The quantitative estimate of drug-likeness (QED) is 0.454. The number of hydrogen-bond donors (Lipinski definition) is 2. The van der Waals surface area contributed by atoms with Gasteiger partial charge in [0, 0.05) is 40.6 Å². The molecule has 1 saturated carbocycles. The number of primary amides is 1. The van der Waals surface area contributed by atoms with Crippen LogP contribution in [0.4, 0.5) is 4.39 Å². The molecule has 4 rings (SSSR count). The number of ether oxygens (including phenoxy) is 1. The summed E-state index contributed by atoms with van der Waals surface area (Å²) in [6.07, 6.45) is 5.38. The van der Waals surface area contributed by atoms with Gasteiger partial charge >= 0.3 is 0 Å². The SMILES string of the molecule is CCC1C(CSc2ncc(C#CC3CCC(C)CC3)c3cc(C(N)=O)c(OC)cc23)NC(=O)[C@H]1F. The van der Waals surface area contributed by atoms with E-state index >= 15 is 0 Å². The molecule has 1 aromatic carbocycles. The van der Waals surface area contributed by atoms with Crippen LogP contribution in [-0.2, 0) is 4.79 Å². The molecule has 0 bridgehead atoms. The van der Waals surface area contributed by atoms with Gasteiger partial charge in [0.05, 0.1) is 18.2 Å². The van der Waals surface area contributed by atoms with Gasteiger partial charge in [0.2, 0.25) is 0 Å². The molecule has 1 aliphatic heterocycles. The highest BCUT2D eigenvalue weighted by Crippen LogP contribution is 2.36. The van der Waals surface area contributed by atoms with Gasteiger partial charge in [-0.3, -0.25) is 9.59 Å². The molecule has 8 heteroatoms. The van der Waals surface area contributed by atoms with Crippen molar-refractivity contribution in [2.45, 2.75) is 63.2 Å². The Hall–Kier alpha value is -2.79. The first-order valence-corrected chi connectivity index (χ1v) is 13.2. The first kappa shape index (κ1) is 25.3. The Morgan fingerprint density at radius 2 is 2.03 bits per heavy atom. The Morgan fingerprint density at radius 3 is 2.69 bits per heavy atom. The Bertz CT molecular complexity index is 1180. The van der Waals surface area contributed by atoms with Gasteiger partial charge in [-0.05, 0) is 50.2 Å². The van der Waals surface area contributed by atoms with Crippen molar-refractivity contribution in [2.24, 2.45) is 23.5 Å². The average molecular weight is 498 g/mol. The van der Waals surface area contributed by atoms with E-state index in [4.69, 9.17) is 10.5 Å². The summed E-state index contributed by atoms with van der Waals surface area (Å²) in [7, 11) is 1.49. The summed E-state index contributed by atoms with van der Waals surface area (Å²) < 4.78 is 19.7. The number of carbonyl (C=O) groups is 2. The van der Waals surface area contributed by atoms with Crippen LogP contribution in [0.25, 0.3) is 10.8 Å². The minimum absolute atomic E-state index is 0.274. The van der Waals surface area contributed by atoms with E-state index in [9.17, 15) is 14.0 Å². The number of nitrogens with zero attached hydrogens (tertiary/aromatic N) is 1. The zero-order chi connectivity index (χ0) is 25.1. The molecule has 2 amide bonds. The maximum absolute atomic E-state index is 14.2. The fourth-order valence-corrected chi connectivity index (χ4v) is 6.11. The molecule has 2 aliphatic rings. The Kier molecular flexibility index (Phi) is 7.85. The van der Waals surface area contributed by atoms with E-state index in [0.29, 0.717) is 28.9 Å². The lowest BCUT2D eigenvalue weighted by atomic mass is 9.83. The molecule has 1 aromatic heterocycles. The number of benzene rings is 1. The standard InChI is InChI=1S/C27H32FN3O3S/c1-4-18-22(31-26(33)24(18)28)14-35-27-20-12-23(34-3)21(25(29)32)11-19(20)17(13-30-27)10-9-16-7-5-15(2)6-8-16/h11-13,15-16,18,22,24H,4-8,14H2,1-3H3,(H2,29,32)(H,31,33)/t15?,16?,18?,22?,24-/m0/s1. The lowest BCUT2D eigenvalue weighted by molar-refractivity contribution is -0.123. The number of pyridine rings is 1. The Labute approximate surface area is 210 Å². The molecule has 2 unspecified atom stereocenters. The summed E-state index contributed by atoms with van der Waals surface area (Å²) >= 11 is 1.45. The lowest BCUT2D eigenvalue weighted by Gasteiger charge is -2.22. The number of nitrogens with one attached hydrogen (secondary N) is 1. The molecular formula is C27H32FN3O3S. The third-order valence-corrected chi connectivity index (χ3v) is 8.33. The van der Waals surface area contributed by atoms with E-state index in [-0.39, 0.29) is 17.5 Å². The fourth-order valence-electron chi connectivity index (χ4n) is 5.00. The minimum Gasteiger partial charge on any atom is -0.496 e. The van der Waals surface area contributed by atoms with Crippen LogP contribution in [0.2, 0.25) is 0 Å². The molecule has 35 heavy (non-hydrogen) atoms. The number of methoxy groups -OCH3 is 1. The highest BCUT2D eigenvalue weighted by molar-refractivity contribution is 7.99. The summed E-state index contributed by atoms with van der Waals surface area (Å²) in [6, 6.07) is 3.21. The molecule has 1 saturated heterocycles. The van der Waals surface area contributed by atoms with Crippen LogP contribution in [0.1, 0.15) is 61.9 Å². The van der Waals surface area contributed by atoms with Crippen LogP contribution < -0.4 is 15.8 Å². The summed E-state index contributed by atoms with van der Waals surface area (Å²) in [5, 5.41) is 5.04. The number of halogens is 1. The summed E-state index contributed by atoms with van der Waals surface area (Å²) in [5.74, 6) is 7.19. The van der Waals surface area contributed by atoms with E-state index in [1.54, 1.807) is 18.3 Å². The molecule has 2 fully saturated rings. The van der Waals surface area contributed by atoms with Gasteiger partial charge in [-0.25, -0.2) is 9.37 Å². The number of fused-ring (bicyclic) bond motifs is 1. The smallest absolute Gasteiger partial charge is 0.255 e. The van der Waals surface area contributed by atoms with Crippen molar-refractivity contribution < 1.29 is 18.7 Å². The highest BCUT2D eigenvalue weighted by Gasteiger charge is 2.41. The number of hydrogen-bond acceptors (Lipinski definition) is 5. The topological polar surface area (TPSA) is 94.3 Å². The summed E-state index contributed by atoms with van der Waals surface area (Å²) in [4.78, 5) is 28.6. The zero-order valence-corrected chi connectivity index (χ0v) is 21.2. The Balaban J connectivity index is 1.69. The highest BCUT2D eigenvalue weighted by atomic mass is 32.2. The normalized spacial score (nSPS) is 26.2. The van der Waals surface area contributed by atoms with Crippen LogP contribution in [0.3, 0.4) is 0 Å². The summed E-state index contributed by atoms with van der Waals surface area (Å²) in [6.45, 7) is 4.17. The van der Waals surface area contributed by atoms with Gasteiger partial charge in [0.15, 0.2) is 6.17 Å². The second-order valence-corrected chi connectivity index (χ2v) is 10.6. The predicted molar refractivity (Wildman–Crippen MR) is 136 cm³/mol. The molecule has 6 nitrogen and oxygen atoms in total. The number of carbonyl (C=O) groups excluding carboxylic acids is 2. The van der Waals surface area contributed by atoms with Gasteiger partial charge in [-0.15, -0.1) is 11.8 Å². The van der Waals surface area contributed by atoms with Gasteiger partial charge in [-0.2, -0.15) is 0 Å². The van der Waals surface area contributed by atoms with Crippen LogP contribution in [0.15, 0.2) is 23.4 Å². The van der Waals surface area contributed by atoms with Crippen molar-refractivity contribution >= 4 is 34.3 Å². The molecular weight excluding hydrogens is 465 g/mol. The molecule has 1 aliphatic carbocycles. The summed E-state index contributed by atoms with van der Waals surface area (Å²) in [5.41, 5.74) is 6.64. The third-order valence-electron chi connectivity index (χ3n) is 7.21. The van der Waals surface area contributed by atoms with E-state index in [1.165, 1.54) is 31.7 Å². The van der Waals surface area contributed by atoms with Crippen LogP contribution in [-0.4, -0.2) is 41.9 Å². The number of amides is 2.